The van der Waals surface area contributed by atoms with Crippen LogP contribution < -0.4 is 0 Å². The second-order valence-corrected chi connectivity index (χ2v) is 9.87. The van der Waals surface area contributed by atoms with Crippen molar-refractivity contribution >= 4 is 12.1 Å². The highest BCUT2D eigenvalue weighted by molar-refractivity contribution is 5.75. The first-order valence-electron chi connectivity index (χ1n) is 10.3. The van der Waals surface area contributed by atoms with E-state index in [0.29, 0.717) is 11.8 Å². The molecule has 0 aromatic heterocycles. The molecular formula is C22H39F3O2. The molecule has 0 aromatic rings. The molecule has 0 bridgehead atoms. The fourth-order valence-electron chi connectivity index (χ4n) is 4.28. The van der Waals surface area contributed by atoms with Gasteiger partial charge in [-0.1, -0.05) is 33.6 Å². The molecule has 0 unspecified atom stereocenters. The molecule has 0 aromatic carbocycles. The minimum Gasteiger partial charge on any atom is -0.269 e. The van der Waals surface area contributed by atoms with Gasteiger partial charge in [-0.15, -0.1) is 0 Å². The maximum Gasteiger partial charge on any atom is 0.307 e. The third-order valence-electron chi connectivity index (χ3n) is 7.09. The zero-order chi connectivity index (χ0) is 20.1. The van der Waals surface area contributed by atoms with Crippen LogP contribution in [0.15, 0.2) is 0 Å². The maximum absolute atomic E-state index is 12.7. The summed E-state index contributed by atoms with van der Waals surface area (Å²) in [6.07, 6.45) is 7.75. The Morgan fingerprint density at radius 3 is 1.74 bits per heavy atom. The minimum absolute atomic E-state index is 0. The van der Waals surface area contributed by atoms with Crippen LogP contribution in [0.4, 0.5) is 13.5 Å². The Morgan fingerprint density at radius 1 is 0.963 bits per heavy atom. The Morgan fingerprint density at radius 2 is 1.41 bits per heavy atom. The van der Waals surface area contributed by atoms with Gasteiger partial charge in [-0.05, 0) is 83.0 Å². The molecule has 2 saturated carbocycles. The van der Waals surface area contributed by atoms with Gasteiger partial charge in [-0.25, -0.2) is 0 Å². The summed E-state index contributed by atoms with van der Waals surface area (Å²) < 4.78 is 25.4. The van der Waals surface area contributed by atoms with Crippen molar-refractivity contribution in [1.82, 2.24) is 0 Å². The van der Waals surface area contributed by atoms with Gasteiger partial charge in [0.05, 0.1) is 10.8 Å². The molecule has 2 aliphatic carbocycles. The summed E-state index contributed by atoms with van der Waals surface area (Å²) >= 11 is 0. The lowest BCUT2D eigenvalue weighted by Gasteiger charge is -2.35. The zero-order valence-electron chi connectivity index (χ0n) is 17.9. The second kappa shape index (κ2) is 10.6. The molecule has 2 aliphatic rings. The van der Waals surface area contributed by atoms with Crippen LogP contribution in [0.2, 0.25) is 0 Å². The first-order chi connectivity index (χ1) is 11.9. The Bertz CT molecular complexity index is 472. The average molecular weight is 393 g/mol. The third-order valence-corrected chi connectivity index (χ3v) is 7.09. The van der Waals surface area contributed by atoms with Crippen molar-refractivity contribution in [2.45, 2.75) is 92.9 Å². The van der Waals surface area contributed by atoms with Crippen LogP contribution in [0, 0.1) is 34.5 Å². The van der Waals surface area contributed by atoms with Gasteiger partial charge in [0.1, 0.15) is 0 Å². The fourth-order valence-corrected chi connectivity index (χ4v) is 4.28. The van der Waals surface area contributed by atoms with Crippen molar-refractivity contribution < 1.29 is 23.1 Å². The number of carbonyl (C=O) groups excluding carboxylic acids is 2. The predicted molar refractivity (Wildman–Crippen MR) is 105 cm³/mol. The summed E-state index contributed by atoms with van der Waals surface area (Å²) in [6, 6.07) is -2.26. The largest absolute Gasteiger partial charge is 0.307 e. The lowest BCUT2D eigenvalue weighted by atomic mass is 9.69. The summed E-state index contributed by atoms with van der Waals surface area (Å²) in [7, 11) is 0. The van der Waals surface area contributed by atoms with Crippen LogP contribution in [0.25, 0.3) is 0 Å². The second-order valence-electron chi connectivity index (χ2n) is 9.87. The van der Waals surface area contributed by atoms with E-state index in [1.54, 1.807) is 20.8 Å². The quantitative estimate of drug-likeness (QED) is 0.492. The van der Waals surface area contributed by atoms with Crippen LogP contribution >= 0.6 is 0 Å². The molecule has 0 amide bonds. The van der Waals surface area contributed by atoms with E-state index in [4.69, 9.17) is 0 Å². The van der Waals surface area contributed by atoms with Crippen molar-refractivity contribution in [2.24, 2.45) is 34.5 Å². The van der Waals surface area contributed by atoms with Gasteiger partial charge in [0.15, 0.2) is 0 Å². The summed E-state index contributed by atoms with van der Waals surface area (Å²) in [5.41, 5.74) is -1.41. The Hall–Kier alpha value is -0.870. The topological polar surface area (TPSA) is 34.1 Å². The van der Waals surface area contributed by atoms with Gasteiger partial charge >= 0.3 is 12.1 Å². The highest BCUT2D eigenvalue weighted by atomic mass is 19.1. The monoisotopic (exact) mass is 392 g/mol. The predicted octanol–water partition coefficient (Wildman–Crippen LogP) is 6.82. The lowest BCUT2D eigenvalue weighted by Crippen LogP contribution is -2.33. The lowest BCUT2D eigenvalue weighted by molar-refractivity contribution is -0.142. The van der Waals surface area contributed by atoms with Gasteiger partial charge < -0.3 is 0 Å². The van der Waals surface area contributed by atoms with Crippen molar-refractivity contribution in [3.8, 4) is 0 Å². The van der Waals surface area contributed by atoms with E-state index < -0.39 is 22.9 Å². The molecular weight excluding hydrogens is 353 g/mol. The molecule has 2 nitrogen and oxygen atoms in total. The van der Waals surface area contributed by atoms with Gasteiger partial charge in [0, 0.05) is 0 Å². The number of halogens is 3. The zero-order valence-corrected chi connectivity index (χ0v) is 17.9. The van der Waals surface area contributed by atoms with E-state index >= 15 is 0 Å². The standard InChI is InChI=1S/2C11H19FO.FH/c1-8-4-6-9(7-5-8)11(2,3)10(12)13;1-8(2)9-4-6-11(3,7-5-9)10(12)13;/h2*8-9H,4-7H2,1-3H3;1H. The van der Waals surface area contributed by atoms with E-state index in [1.807, 2.05) is 0 Å². The van der Waals surface area contributed by atoms with Crippen LogP contribution in [0.3, 0.4) is 0 Å². The van der Waals surface area contributed by atoms with E-state index in [1.165, 1.54) is 0 Å². The number of rotatable bonds is 4. The van der Waals surface area contributed by atoms with Gasteiger partial charge in [0.25, 0.3) is 0 Å². The van der Waals surface area contributed by atoms with Crippen LogP contribution in [-0.4, -0.2) is 12.1 Å². The molecule has 0 aliphatic heterocycles. The Balaban J connectivity index is 0.000000483. The van der Waals surface area contributed by atoms with E-state index in [-0.39, 0.29) is 10.6 Å². The average Bonchev–Trinajstić information content (AvgIpc) is 2.56. The molecule has 0 radical (unpaired) electrons. The third kappa shape index (κ3) is 7.23. The molecule has 2 fully saturated rings. The molecule has 0 atom stereocenters. The molecule has 0 spiro atoms. The van der Waals surface area contributed by atoms with Gasteiger partial charge in [-0.3, -0.25) is 14.3 Å². The minimum atomic E-state index is -1.15. The fraction of sp³-hybridized carbons (Fsp3) is 0.909. The maximum atomic E-state index is 12.7. The Kier molecular flexibility index (Phi) is 10.3. The SMILES string of the molecule is CC(C)C1CCC(C)(C(=O)F)CC1.CC1CCC(C(C)(C)C(=O)F)CC1.F. The summed E-state index contributed by atoms with van der Waals surface area (Å²) in [5.74, 6) is 2.36. The van der Waals surface area contributed by atoms with Gasteiger partial charge in [0.2, 0.25) is 0 Å². The summed E-state index contributed by atoms with van der Waals surface area (Å²) in [6.45, 7) is 11.8. The molecule has 0 N–H and O–H groups in total. The number of hydrogen-bond donors (Lipinski definition) is 0. The molecule has 0 saturated heterocycles. The number of carbonyl (C=O) groups is 2. The van der Waals surface area contributed by atoms with Crippen molar-refractivity contribution in [3.63, 3.8) is 0 Å². The van der Waals surface area contributed by atoms with E-state index in [2.05, 4.69) is 20.8 Å². The molecule has 5 heteroatoms. The highest BCUT2D eigenvalue weighted by Crippen LogP contribution is 2.42. The summed E-state index contributed by atoms with van der Waals surface area (Å²) in [4.78, 5) is 21.5. The first-order valence-corrected chi connectivity index (χ1v) is 10.3. The smallest absolute Gasteiger partial charge is 0.269 e. The van der Waals surface area contributed by atoms with Crippen LogP contribution in [-0.2, 0) is 9.59 Å². The molecule has 27 heavy (non-hydrogen) atoms. The molecule has 2 rings (SSSR count). The van der Waals surface area contributed by atoms with Crippen LogP contribution in [0.5, 0.6) is 0 Å². The molecule has 160 valence electrons. The van der Waals surface area contributed by atoms with Crippen molar-refractivity contribution in [1.29, 1.82) is 0 Å². The van der Waals surface area contributed by atoms with E-state index in [9.17, 15) is 18.4 Å². The van der Waals surface area contributed by atoms with E-state index in [0.717, 1.165) is 57.3 Å². The highest BCUT2D eigenvalue weighted by Gasteiger charge is 2.39. The number of hydrogen-bond acceptors (Lipinski definition) is 2. The van der Waals surface area contributed by atoms with Gasteiger partial charge in [-0.2, -0.15) is 8.78 Å². The first kappa shape index (κ1) is 26.1. The molecule has 0 heterocycles. The van der Waals surface area contributed by atoms with Crippen LogP contribution in [0.1, 0.15) is 92.9 Å². The van der Waals surface area contributed by atoms with Crippen molar-refractivity contribution in [3.05, 3.63) is 0 Å². The van der Waals surface area contributed by atoms with Crippen molar-refractivity contribution in [2.75, 3.05) is 0 Å². The Labute approximate surface area is 163 Å². The summed E-state index contributed by atoms with van der Waals surface area (Å²) in [5, 5.41) is 0. The normalized spacial score (nSPS) is 31.4.